The van der Waals surface area contributed by atoms with Crippen molar-refractivity contribution in [3.05, 3.63) is 12.2 Å². The van der Waals surface area contributed by atoms with Gasteiger partial charge in [0, 0.05) is 6.10 Å². The summed E-state index contributed by atoms with van der Waals surface area (Å²) in [5.41, 5.74) is 5.57. The molecule has 4 N–H and O–H groups in total. The molecule has 3 atom stereocenters. The SMILES string of the molecule is CC(C)C[C@H](CCCCCCCCC/C=C/[C@@H](O)[C@@H](N)CO)O[Si](C)(C)C(C)(C)C. The van der Waals surface area contributed by atoms with Crippen LogP contribution in [0.3, 0.4) is 0 Å². The predicted octanol–water partition coefficient (Wildman–Crippen LogP) is 6.17. The number of aliphatic hydroxyl groups is 2. The Morgan fingerprint density at radius 2 is 1.50 bits per heavy atom. The van der Waals surface area contributed by atoms with Gasteiger partial charge in [0.25, 0.3) is 0 Å². The van der Waals surface area contributed by atoms with E-state index in [1.807, 2.05) is 6.08 Å². The molecule has 0 aromatic heterocycles. The Kier molecular flexibility index (Phi) is 15.5. The van der Waals surface area contributed by atoms with Gasteiger partial charge in [0.2, 0.25) is 0 Å². The molecule has 0 fully saturated rings. The molecular formula is C25H53NO3Si. The third kappa shape index (κ3) is 14.0. The second-order valence-corrected chi connectivity index (χ2v) is 15.7. The molecule has 180 valence electrons. The molecule has 0 bridgehead atoms. The normalized spacial score (nSPS) is 16.4. The maximum absolute atomic E-state index is 9.65. The van der Waals surface area contributed by atoms with Gasteiger partial charge in [-0.25, -0.2) is 0 Å². The van der Waals surface area contributed by atoms with E-state index in [2.05, 4.69) is 47.7 Å². The van der Waals surface area contributed by atoms with Crippen LogP contribution in [0, 0.1) is 5.92 Å². The van der Waals surface area contributed by atoms with Crippen molar-refractivity contribution in [2.24, 2.45) is 11.7 Å². The average Bonchev–Trinajstić information content (AvgIpc) is 2.63. The van der Waals surface area contributed by atoms with Crippen LogP contribution < -0.4 is 5.73 Å². The Morgan fingerprint density at radius 3 is 2.00 bits per heavy atom. The summed E-state index contributed by atoms with van der Waals surface area (Å²) in [6.07, 6.45) is 15.6. The van der Waals surface area contributed by atoms with Crippen molar-refractivity contribution in [3.8, 4) is 0 Å². The lowest BCUT2D eigenvalue weighted by molar-refractivity contribution is 0.143. The zero-order valence-corrected chi connectivity index (χ0v) is 22.1. The molecule has 0 radical (unpaired) electrons. The monoisotopic (exact) mass is 443 g/mol. The summed E-state index contributed by atoms with van der Waals surface area (Å²) >= 11 is 0. The molecule has 30 heavy (non-hydrogen) atoms. The highest BCUT2D eigenvalue weighted by Crippen LogP contribution is 2.38. The molecular weight excluding hydrogens is 390 g/mol. The van der Waals surface area contributed by atoms with Gasteiger partial charge in [0.15, 0.2) is 8.32 Å². The summed E-state index contributed by atoms with van der Waals surface area (Å²) in [5.74, 6) is 0.689. The van der Waals surface area contributed by atoms with Gasteiger partial charge in [-0.05, 0) is 49.7 Å². The van der Waals surface area contributed by atoms with Crippen LogP contribution in [0.25, 0.3) is 0 Å². The quantitative estimate of drug-likeness (QED) is 0.143. The van der Waals surface area contributed by atoms with Gasteiger partial charge in [-0.2, -0.15) is 0 Å². The summed E-state index contributed by atoms with van der Waals surface area (Å²) in [6, 6.07) is -0.575. The lowest BCUT2D eigenvalue weighted by Gasteiger charge is -2.40. The maximum atomic E-state index is 9.65. The minimum absolute atomic E-state index is 0.188. The van der Waals surface area contributed by atoms with Crippen LogP contribution >= 0.6 is 0 Å². The number of rotatable bonds is 17. The van der Waals surface area contributed by atoms with E-state index in [9.17, 15) is 5.11 Å². The van der Waals surface area contributed by atoms with Crippen molar-refractivity contribution >= 4 is 8.32 Å². The third-order valence-corrected chi connectivity index (χ3v) is 10.9. The minimum Gasteiger partial charge on any atom is -0.414 e. The first-order valence-electron chi connectivity index (χ1n) is 12.3. The van der Waals surface area contributed by atoms with E-state index in [1.54, 1.807) is 6.08 Å². The molecule has 4 nitrogen and oxygen atoms in total. The summed E-state index contributed by atoms with van der Waals surface area (Å²) in [7, 11) is -1.69. The maximum Gasteiger partial charge on any atom is 0.192 e. The van der Waals surface area contributed by atoms with Crippen LogP contribution in [-0.2, 0) is 4.43 Å². The third-order valence-electron chi connectivity index (χ3n) is 6.38. The van der Waals surface area contributed by atoms with E-state index in [1.165, 1.54) is 51.4 Å². The van der Waals surface area contributed by atoms with E-state index < -0.39 is 20.5 Å². The molecule has 0 heterocycles. The summed E-state index contributed by atoms with van der Waals surface area (Å²) in [5, 5.41) is 18.8. The van der Waals surface area contributed by atoms with Crippen molar-refractivity contribution in [3.63, 3.8) is 0 Å². The minimum atomic E-state index is -1.69. The number of allylic oxidation sites excluding steroid dienone is 1. The summed E-state index contributed by atoms with van der Waals surface area (Å²) in [6.45, 7) is 16.1. The molecule has 5 heteroatoms. The Bertz CT molecular complexity index is 446. The lowest BCUT2D eigenvalue weighted by atomic mass is 10.00. The predicted molar refractivity (Wildman–Crippen MR) is 133 cm³/mol. The average molecular weight is 444 g/mol. The molecule has 0 aromatic carbocycles. The molecule has 0 aliphatic carbocycles. The fraction of sp³-hybridized carbons (Fsp3) is 0.920. The van der Waals surface area contributed by atoms with Gasteiger partial charge >= 0.3 is 0 Å². The largest absolute Gasteiger partial charge is 0.414 e. The Balaban J connectivity index is 3.94. The highest BCUT2D eigenvalue weighted by molar-refractivity contribution is 6.74. The standard InChI is InChI=1S/C25H53NO3Si/c1-21(2)19-22(29-30(6,7)25(3,4)5)17-15-13-11-9-8-10-12-14-16-18-24(28)23(26)20-27/h16,18,21-24,27-28H,8-15,17,19-20,26H2,1-7H3/b18-16+/t22-,23-,24+/m0/s1. The summed E-state index contributed by atoms with van der Waals surface area (Å²) < 4.78 is 6.73. The van der Waals surface area contributed by atoms with Crippen molar-refractivity contribution in [1.29, 1.82) is 0 Å². The molecule has 0 aromatic rings. The Morgan fingerprint density at radius 1 is 0.967 bits per heavy atom. The number of hydrogen-bond donors (Lipinski definition) is 3. The highest BCUT2D eigenvalue weighted by Gasteiger charge is 2.39. The van der Waals surface area contributed by atoms with E-state index in [0.29, 0.717) is 12.0 Å². The first kappa shape index (κ1) is 29.8. The van der Waals surface area contributed by atoms with Crippen LogP contribution in [0.4, 0.5) is 0 Å². The van der Waals surface area contributed by atoms with Gasteiger partial charge in [0.05, 0.1) is 18.8 Å². The van der Waals surface area contributed by atoms with Crippen LogP contribution in [0.2, 0.25) is 18.1 Å². The number of unbranched alkanes of at least 4 members (excludes halogenated alkanes) is 7. The molecule has 0 saturated carbocycles. The van der Waals surface area contributed by atoms with Gasteiger partial charge in [-0.3, -0.25) is 0 Å². The van der Waals surface area contributed by atoms with E-state index in [0.717, 1.165) is 12.8 Å². The number of aliphatic hydroxyl groups excluding tert-OH is 2. The Hall–Kier alpha value is -0.203. The zero-order chi connectivity index (χ0) is 23.2. The second-order valence-electron chi connectivity index (χ2n) is 10.9. The lowest BCUT2D eigenvalue weighted by Crippen LogP contribution is -2.44. The zero-order valence-electron chi connectivity index (χ0n) is 21.1. The molecule has 0 aliphatic heterocycles. The molecule has 0 rings (SSSR count). The van der Waals surface area contributed by atoms with E-state index >= 15 is 0 Å². The fourth-order valence-corrected chi connectivity index (χ4v) is 4.75. The van der Waals surface area contributed by atoms with E-state index in [-0.39, 0.29) is 11.6 Å². The summed E-state index contributed by atoms with van der Waals surface area (Å²) in [4.78, 5) is 0. The van der Waals surface area contributed by atoms with Crippen molar-refractivity contribution in [2.75, 3.05) is 6.61 Å². The molecule has 0 spiro atoms. The number of nitrogens with two attached hydrogens (primary N) is 1. The molecule has 0 saturated heterocycles. The smallest absolute Gasteiger partial charge is 0.192 e. The van der Waals surface area contributed by atoms with Gasteiger partial charge < -0.3 is 20.4 Å². The van der Waals surface area contributed by atoms with Gasteiger partial charge in [0.1, 0.15) is 0 Å². The van der Waals surface area contributed by atoms with Gasteiger partial charge in [-0.1, -0.05) is 85.3 Å². The van der Waals surface area contributed by atoms with Crippen molar-refractivity contribution in [1.82, 2.24) is 0 Å². The van der Waals surface area contributed by atoms with E-state index in [4.69, 9.17) is 15.3 Å². The number of hydrogen-bond acceptors (Lipinski definition) is 4. The second kappa shape index (κ2) is 15.6. The first-order valence-corrected chi connectivity index (χ1v) is 15.2. The topological polar surface area (TPSA) is 75.7 Å². The van der Waals surface area contributed by atoms with Crippen LogP contribution in [0.15, 0.2) is 12.2 Å². The van der Waals surface area contributed by atoms with Crippen LogP contribution in [0.5, 0.6) is 0 Å². The fourth-order valence-electron chi connectivity index (χ4n) is 3.35. The molecule has 0 amide bonds. The van der Waals surface area contributed by atoms with Gasteiger partial charge in [-0.15, -0.1) is 0 Å². The highest BCUT2D eigenvalue weighted by atomic mass is 28.4. The van der Waals surface area contributed by atoms with Crippen molar-refractivity contribution < 1.29 is 14.6 Å². The first-order chi connectivity index (χ1) is 13.9. The van der Waals surface area contributed by atoms with Crippen LogP contribution in [-0.4, -0.2) is 43.4 Å². The molecule has 0 aliphatic rings. The van der Waals surface area contributed by atoms with Crippen LogP contribution in [0.1, 0.15) is 98.8 Å². The van der Waals surface area contributed by atoms with Crippen molar-refractivity contribution in [2.45, 2.75) is 135 Å². The molecule has 0 unspecified atom stereocenters. The Labute approximate surface area is 188 Å².